The van der Waals surface area contributed by atoms with Crippen molar-refractivity contribution in [3.8, 4) is 0 Å². The van der Waals surface area contributed by atoms with E-state index in [1.165, 1.54) is 10.7 Å². The van der Waals surface area contributed by atoms with Crippen LogP contribution < -0.4 is 5.32 Å². The van der Waals surface area contributed by atoms with E-state index in [9.17, 15) is 13.2 Å². The fourth-order valence-electron chi connectivity index (χ4n) is 3.89. The second kappa shape index (κ2) is 8.32. The molecule has 1 aliphatic heterocycles. The molecule has 1 aromatic carbocycles. The molecule has 0 unspecified atom stereocenters. The summed E-state index contributed by atoms with van der Waals surface area (Å²) in [5, 5.41) is 3.09. The summed E-state index contributed by atoms with van der Waals surface area (Å²) < 4.78 is 27.0. The van der Waals surface area contributed by atoms with E-state index in [1.807, 2.05) is 30.3 Å². The van der Waals surface area contributed by atoms with E-state index in [-0.39, 0.29) is 17.7 Å². The van der Waals surface area contributed by atoms with Crippen LogP contribution in [0.1, 0.15) is 50.5 Å². The molecule has 1 saturated carbocycles. The minimum Gasteiger partial charge on any atom is -0.352 e. The van der Waals surface area contributed by atoms with Crippen molar-refractivity contribution in [2.24, 2.45) is 0 Å². The Morgan fingerprint density at radius 2 is 1.76 bits per heavy atom. The topological polar surface area (TPSA) is 66.5 Å². The molecule has 0 aromatic heterocycles. The van der Waals surface area contributed by atoms with Gasteiger partial charge in [-0.15, -0.1) is 0 Å². The minimum absolute atomic E-state index is 0.0597. The molecule has 1 amide bonds. The molecule has 1 heterocycles. The Balaban J connectivity index is 1.60. The Morgan fingerprint density at radius 1 is 1.04 bits per heavy atom. The van der Waals surface area contributed by atoms with Gasteiger partial charge in [0.25, 0.3) is 0 Å². The van der Waals surface area contributed by atoms with Crippen molar-refractivity contribution in [2.45, 2.75) is 63.5 Å². The first-order valence-electron chi connectivity index (χ1n) is 9.40. The van der Waals surface area contributed by atoms with Crippen LogP contribution in [0.25, 0.3) is 0 Å². The van der Waals surface area contributed by atoms with Gasteiger partial charge in [0.15, 0.2) is 0 Å². The highest BCUT2D eigenvalue weighted by Crippen LogP contribution is 2.24. The maximum absolute atomic E-state index is 12.8. The molecule has 138 valence electrons. The fraction of sp³-hybridized carbons (Fsp3) is 0.632. The predicted octanol–water partition coefficient (Wildman–Crippen LogP) is 2.47. The van der Waals surface area contributed by atoms with Crippen molar-refractivity contribution >= 4 is 15.9 Å². The van der Waals surface area contributed by atoms with Crippen LogP contribution in [0.5, 0.6) is 0 Å². The zero-order valence-corrected chi connectivity index (χ0v) is 15.5. The maximum atomic E-state index is 12.8. The lowest BCUT2D eigenvalue weighted by molar-refractivity contribution is -0.125. The van der Waals surface area contributed by atoms with E-state index in [0.717, 1.165) is 37.7 Å². The number of rotatable bonds is 6. The second-order valence-corrected chi connectivity index (χ2v) is 9.20. The van der Waals surface area contributed by atoms with Crippen molar-refractivity contribution < 1.29 is 13.2 Å². The number of sulfonamides is 1. The molecule has 6 heteroatoms. The average molecular weight is 365 g/mol. The minimum atomic E-state index is -3.42. The molecule has 0 bridgehead atoms. The molecule has 2 aliphatic rings. The molecule has 1 N–H and O–H groups in total. The second-order valence-electron chi connectivity index (χ2n) is 7.16. The molecule has 3 rings (SSSR count). The molecule has 1 saturated heterocycles. The number of hydrogen-bond acceptors (Lipinski definition) is 3. The highest BCUT2D eigenvalue weighted by atomic mass is 32.2. The third-order valence-corrected chi connectivity index (χ3v) is 7.18. The Morgan fingerprint density at radius 3 is 2.48 bits per heavy atom. The monoisotopic (exact) mass is 364 g/mol. The lowest BCUT2D eigenvalue weighted by Gasteiger charge is -2.28. The van der Waals surface area contributed by atoms with Gasteiger partial charge >= 0.3 is 0 Å². The number of aryl methyl sites for hydroxylation is 1. The summed E-state index contributed by atoms with van der Waals surface area (Å²) in [7, 11) is -3.42. The molecule has 0 radical (unpaired) electrons. The van der Waals surface area contributed by atoms with E-state index >= 15 is 0 Å². The third-order valence-electron chi connectivity index (χ3n) is 5.31. The Kier molecular flexibility index (Phi) is 6.12. The van der Waals surface area contributed by atoms with Crippen molar-refractivity contribution in [3.63, 3.8) is 0 Å². The summed E-state index contributed by atoms with van der Waals surface area (Å²) >= 11 is 0. The summed E-state index contributed by atoms with van der Waals surface area (Å²) in [4.78, 5) is 12.6. The van der Waals surface area contributed by atoms with Gasteiger partial charge in [-0.2, -0.15) is 4.31 Å². The zero-order chi connectivity index (χ0) is 17.7. The predicted molar refractivity (Wildman–Crippen MR) is 98.7 cm³/mol. The quantitative estimate of drug-likeness (QED) is 0.843. The van der Waals surface area contributed by atoms with Gasteiger partial charge in [0.1, 0.15) is 6.04 Å². The van der Waals surface area contributed by atoms with E-state index < -0.39 is 16.1 Å². The molecule has 1 aliphatic carbocycles. The number of nitrogens with zero attached hydrogens (tertiary/aromatic N) is 1. The van der Waals surface area contributed by atoms with E-state index in [1.54, 1.807) is 0 Å². The summed E-state index contributed by atoms with van der Waals surface area (Å²) in [5.74, 6) is -0.0443. The number of hydrogen-bond donors (Lipinski definition) is 1. The van der Waals surface area contributed by atoms with Crippen molar-refractivity contribution in [3.05, 3.63) is 35.9 Å². The van der Waals surface area contributed by atoms with Gasteiger partial charge in [0.05, 0.1) is 5.75 Å². The summed E-state index contributed by atoms with van der Waals surface area (Å²) in [6.45, 7) is 0.458. The zero-order valence-electron chi connectivity index (χ0n) is 14.7. The number of amides is 1. The first-order chi connectivity index (χ1) is 12.1. The van der Waals surface area contributed by atoms with Crippen molar-refractivity contribution in [1.29, 1.82) is 0 Å². The van der Waals surface area contributed by atoms with Crippen molar-refractivity contribution in [2.75, 3.05) is 12.3 Å². The fourth-order valence-corrected chi connectivity index (χ4v) is 5.61. The van der Waals surface area contributed by atoms with Crippen LogP contribution in [0, 0.1) is 0 Å². The van der Waals surface area contributed by atoms with Crippen LogP contribution in [-0.2, 0) is 21.2 Å². The molecular formula is C19H28N2O3S. The maximum Gasteiger partial charge on any atom is 0.238 e. The van der Waals surface area contributed by atoms with Gasteiger partial charge in [-0.05, 0) is 37.7 Å². The molecular weight excluding hydrogens is 336 g/mol. The first kappa shape index (κ1) is 18.4. The summed E-state index contributed by atoms with van der Waals surface area (Å²) in [6, 6.07) is 9.32. The number of carbonyl (C=O) groups excluding carboxylic acids is 1. The molecule has 1 atom stereocenters. The van der Waals surface area contributed by atoms with Crippen LogP contribution in [0.2, 0.25) is 0 Å². The highest BCUT2D eigenvalue weighted by Gasteiger charge is 2.38. The molecule has 2 fully saturated rings. The number of carbonyl (C=O) groups is 1. The van der Waals surface area contributed by atoms with Gasteiger partial charge in [0, 0.05) is 12.6 Å². The number of nitrogens with one attached hydrogen (secondary N) is 1. The first-order valence-corrected chi connectivity index (χ1v) is 11.0. The standard InChI is InChI=1S/C19H28N2O3S/c22-19(20-17-10-5-2-6-11-17)18-12-7-14-21(18)25(23,24)15-13-16-8-3-1-4-9-16/h1,3-4,8-9,17-18H,2,5-7,10-15H2,(H,20,22)/t18-/m0/s1. The molecule has 0 spiro atoms. The lowest BCUT2D eigenvalue weighted by atomic mass is 9.95. The van der Waals surface area contributed by atoms with Gasteiger partial charge in [-0.1, -0.05) is 49.6 Å². The Bertz CT molecular complexity index is 669. The van der Waals surface area contributed by atoms with Crippen LogP contribution in [0.3, 0.4) is 0 Å². The van der Waals surface area contributed by atoms with E-state index in [0.29, 0.717) is 19.4 Å². The van der Waals surface area contributed by atoms with Gasteiger partial charge < -0.3 is 5.32 Å². The van der Waals surface area contributed by atoms with Crippen LogP contribution >= 0.6 is 0 Å². The smallest absolute Gasteiger partial charge is 0.238 e. The van der Waals surface area contributed by atoms with Crippen LogP contribution in [-0.4, -0.2) is 43.0 Å². The van der Waals surface area contributed by atoms with Gasteiger partial charge in [0.2, 0.25) is 15.9 Å². The Labute approximate surface area is 150 Å². The molecule has 5 nitrogen and oxygen atoms in total. The largest absolute Gasteiger partial charge is 0.352 e. The summed E-state index contributed by atoms with van der Waals surface area (Å²) in [5.41, 5.74) is 1.01. The molecule has 25 heavy (non-hydrogen) atoms. The number of benzene rings is 1. The molecule has 1 aromatic rings. The Hall–Kier alpha value is -1.40. The van der Waals surface area contributed by atoms with Crippen LogP contribution in [0.4, 0.5) is 0 Å². The van der Waals surface area contributed by atoms with Gasteiger partial charge in [-0.3, -0.25) is 4.79 Å². The summed E-state index contributed by atoms with van der Waals surface area (Å²) in [6.07, 6.45) is 7.42. The average Bonchev–Trinajstić information content (AvgIpc) is 3.13. The van der Waals surface area contributed by atoms with E-state index in [2.05, 4.69) is 5.32 Å². The normalized spacial score (nSPS) is 22.8. The lowest BCUT2D eigenvalue weighted by Crippen LogP contribution is -2.49. The third kappa shape index (κ3) is 4.82. The van der Waals surface area contributed by atoms with Crippen LogP contribution in [0.15, 0.2) is 30.3 Å². The highest BCUT2D eigenvalue weighted by molar-refractivity contribution is 7.89. The SMILES string of the molecule is O=C(NC1CCCCC1)[C@@H]1CCCN1S(=O)(=O)CCc1ccccc1. The van der Waals surface area contributed by atoms with Crippen molar-refractivity contribution in [1.82, 2.24) is 9.62 Å². The van der Waals surface area contributed by atoms with Gasteiger partial charge in [-0.25, -0.2) is 8.42 Å². The van der Waals surface area contributed by atoms with E-state index in [4.69, 9.17) is 0 Å².